The van der Waals surface area contributed by atoms with Crippen LogP contribution < -0.4 is 5.32 Å². The van der Waals surface area contributed by atoms with Gasteiger partial charge in [-0.15, -0.1) is 0 Å². The average molecular weight is 393 g/mol. The van der Waals surface area contributed by atoms with Crippen molar-refractivity contribution in [1.82, 2.24) is 30.3 Å². The molecule has 3 heterocycles. The quantitative estimate of drug-likeness (QED) is 0.561. The highest BCUT2D eigenvalue weighted by atomic mass is 35.5. The molecule has 4 aromatic rings. The van der Waals surface area contributed by atoms with Crippen LogP contribution in [0.15, 0.2) is 36.5 Å². The molecule has 0 aliphatic carbocycles. The first-order valence-electron chi connectivity index (χ1n) is 9.02. The summed E-state index contributed by atoms with van der Waals surface area (Å²) in [5.41, 5.74) is 4.55. The Labute approximate surface area is 165 Å². The van der Waals surface area contributed by atoms with Crippen LogP contribution in [0, 0.1) is 0 Å². The molecule has 0 saturated heterocycles. The number of carbonyl (C=O) groups excluding carboxylic acids is 1. The van der Waals surface area contributed by atoms with Gasteiger partial charge in [0, 0.05) is 36.5 Å². The number of aryl methyl sites for hydroxylation is 1. The van der Waals surface area contributed by atoms with Crippen LogP contribution in [0.1, 0.15) is 27.3 Å². The molecule has 1 aliphatic rings. The third kappa shape index (κ3) is 2.75. The first-order chi connectivity index (χ1) is 13.6. The average Bonchev–Trinajstić information content (AvgIpc) is 3.31. The Morgan fingerprint density at radius 2 is 2.14 bits per heavy atom. The number of rotatable bonds is 3. The van der Waals surface area contributed by atoms with Gasteiger partial charge in [0.25, 0.3) is 5.91 Å². The number of aromatic amines is 1. The Bertz CT molecular complexity index is 1220. The molecule has 1 aliphatic heterocycles. The summed E-state index contributed by atoms with van der Waals surface area (Å²) in [4.78, 5) is 16.7. The monoisotopic (exact) mass is 392 g/mol. The zero-order valence-corrected chi connectivity index (χ0v) is 15.9. The van der Waals surface area contributed by atoms with Crippen LogP contribution >= 0.6 is 11.6 Å². The molecule has 0 spiro atoms. The van der Waals surface area contributed by atoms with Gasteiger partial charge in [0.05, 0.1) is 16.7 Å². The lowest BCUT2D eigenvalue weighted by Gasteiger charge is -2.16. The molecule has 7 nitrogen and oxygen atoms in total. The van der Waals surface area contributed by atoms with Gasteiger partial charge in [0.2, 0.25) is 0 Å². The zero-order valence-electron chi connectivity index (χ0n) is 15.2. The van der Waals surface area contributed by atoms with Gasteiger partial charge in [-0.05, 0) is 35.7 Å². The van der Waals surface area contributed by atoms with Crippen molar-refractivity contribution in [2.75, 3.05) is 6.54 Å². The van der Waals surface area contributed by atoms with Crippen molar-refractivity contribution < 1.29 is 4.79 Å². The van der Waals surface area contributed by atoms with Gasteiger partial charge in [-0.25, -0.2) is 4.98 Å². The highest BCUT2D eigenvalue weighted by Crippen LogP contribution is 2.28. The van der Waals surface area contributed by atoms with Crippen LogP contribution in [0.3, 0.4) is 0 Å². The lowest BCUT2D eigenvalue weighted by atomic mass is 9.98. The van der Waals surface area contributed by atoms with Crippen molar-refractivity contribution in [2.24, 2.45) is 7.05 Å². The summed E-state index contributed by atoms with van der Waals surface area (Å²) in [5, 5.41) is 16.0. The van der Waals surface area contributed by atoms with E-state index in [0.29, 0.717) is 23.8 Å². The van der Waals surface area contributed by atoms with Crippen LogP contribution in [0.5, 0.6) is 0 Å². The van der Waals surface area contributed by atoms with E-state index in [1.807, 2.05) is 37.4 Å². The first-order valence-corrected chi connectivity index (χ1v) is 9.40. The van der Waals surface area contributed by atoms with E-state index in [-0.39, 0.29) is 5.91 Å². The van der Waals surface area contributed by atoms with E-state index in [0.717, 1.165) is 45.4 Å². The fourth-order valence-corrected chi connectivity index (χ4v) is 3.88. The number of carbonyl (C=O) groups is 1. The molecule has 0 atom stereocenters. The van der Waals surface area contributed by atoms with Crippen molar-refractivity contribution >= 4 is 28.4 Å². The largest absolute Gasteiger partial charge is 0.352 e. The Kier molecular flexibility index (Phi) is 3.91. The SMILES string of the molecule is Cn1nc(-c2ccc3c(c2)CCNC3=O)nc1Cc1ccc2[nH]ncc2c1Cl. The fourth-order valence-electron chi connectivity index (χ4n) is 3.60. The molecule has 2 N–H and O–H groups in total. The van der Waals surface area contributed by atoms with Gasteiger partial charge in [-0.2, -0.15) is 10.2 Å². The van der Waals surface area contributed by atoms with Crippen molar-refractivity contribution in [3.05, 3.63) is 64.1 Å². The second kappa shape index (κ2) is 6.45. The molecule has 0 saturated carbocycles. The first kappa shape index (κ1) is 16.9. The van der Waals surface area contributed by atoms with E-state index in [2.05, 4.69) is 20.6 Å². The predicted octanol–water partition coefficient (Wildman–Crippen LogP) is 2.89. The third-order valence-electron chi connectivity index (χ3n) is 5.13. The van der Waals surface area contributed by atoms with E-state index in [1.54, 1.807) is 10.9 Å². The van der Waals surface area contributed by atoms with Gasteiger partial charge in [-0.1, -0.05) is 23.7 Å². The second-order valence-electron chi connectivity index (χ2n) is 6.90. The normalized spacial score (nSPS) is 13.6. The smallest absolute Gasteiger partial charge is 0.251 e. The van der Waals surface area contributed by atoms with Crippen LogP contribution in [0.2, 0.25) is 5.02 Å². The van der Waals surface area contributed by atoms with E-state index in [9.17, 15) is 4.79 Å². The lowest BCUT2D eigenvalue weighted by Crippen LogP contribution is -2.31. The summed E-state index contributed by atoms with van der Waals surface area (Å²) >= 11 is 6.55. The number of hydrogen-bond donors (Lipinski definition) is 2. The molecule has 5 rings (SSSR count). The molecule has 0 unspecified atom stereocenters. The number of nitrogens with zero attached hydrogens (tertiary/aromatic N) is 4. The van der Waals surface area contributed by atoms with E-state index in [4.69, 9.17) is 16.6 Å². The van der Waals surface area contributed by atoms with Gasteiger partial charge >= 0.3 is 0 Å². The number of fused-ring (bicyclic) bond motifs is 2. The van der Waals surface area contributed by atoms with Gasteiger partial charge in [0.1, 0.15) is 5.82 Å². The molecule has 140 valence electrons. The number of halogens is 1. The Balaban J connectivity index is 1.49. The molecule has 0 radical (unpaired) electrons. The van der Waals surface area contributed by atoms with Crippen LogP contribution in [-0.4, -0.2) is 37.4 Å². The molecule has 0 fully saturated rings. The minimum atomic E-state index is -0.0215. The van der Waals surface area contributed by atoms with E-state index in [1.165, 1.54) is 0 Å². The Morgan fingerprint density at radius 1 is 1.25 bits per heavy atom. The number of H-pyrrole nitrogens is 1. The van der Waals surface area contributed by atoms with Crippen molar-refractivity contribution in [3.8, 4) is 11.4 Å². The fraction of sp³-hybridized carbons (Fsp3) is 0.200. The highest BCUT2D eigenvalue weighted by Gasteiger charge is 2.19. The predicted molar refractivity (Wildman–Crippen MR) is 106 cm³/mol. The summed E-state index contributed by atoms with van der Waals surface area (Å²) in [6.45, 7) is 0.658. The number of nitrogens with one attached hydrogen (secondary N) is 2. The highest BCUT2D eigenvalue weighted by molar-refractivity contribution is 6.36. The molecular weight excluding hydrogens is 376 g/mol. The van der Waals surface area contributed by atoms with Gasteiger partial charge in [-0.3, -0.25) is 14.6 Å². The number of benzene rings is 2. The van der Waals surface area contributed by atoms with Gasteiger partial charge < -0.3 is 5.32 Å². The second-order valence-corrected chi connectivity index (χ2v) is 7.28. The summed E-state index contributed by atoms with van der Waals surface area (Å²) < 4.78 is 1.78. The molecule has 1 amide bonds. The molecular formula is C20H17ClN6O. The summed E-state index contributed by atoms with van der Waals surface area (Å²) in [5.74, 6) is 1.44. The Morgan fingerprint density at radius 3 is 3.04 bits per heavy atom. The van der Waals surface area contributed by atoms with Crippen LogP contribution in [-0.2, 0) is 19.9 Å². The van der Waals surface area contributed by atoms with Gasteiger partial charge in [0.15, 0.2) is 5.82 Å². The van der Waals surface area contributed by atoms with Crippen molar-refractivity contribution in [1.29, 1.82) is 0 Å². The maximum Gasteiger partial charge on any atom is 0.251 e. The van der Waals surface area contributed by atoms with Crippen molar-refractivity contribution in [3.63, 3.8) is 0 Å². The molecule has 28 heavy (non-hydrogen) atoms. The minimum Gasteiger partial charge on any atom is -0.352 e. The Hall–Kier alpha value is -3.19. The van der Waals surface area contributed by atoms with Crippen LogP contribution in [0.4, 0.5) is 0 Å². The van der Waals surface area contributed by atoms with E-state index < -0.39 is 0 Å². The third-order valence-corrected chi connectivity index (χ3v) is 5.57. The molecule has 2 aromatic carbocycles. The number of aromatic nitrogens is 5. The minimum absolute atomic E-state index is 0.0215. The standard InChI is InChI=1S/C20H17ClN6O/c1-27-17(9-12-3-5-16-15(18(12)21)10-23-25-16)24-19(26-27)13-2-4-14-11(8-13)6-7-22-20(14)28/h2-5,8,10H,6-7,9H2,1H3,(H,22,28)(H,23,25). The topological polar surface area (TPSA) is 88.5 Å². The van der Waals surface area contributed by atoms with Crippen LogP contribution in [0.25, 0.3) is 22.3 Å². The number of amides is 1. The maximum absolute atomic E-state index is 11.9. The molecule has 2 aromatic heterocycles. The molecule has 0 bridgehead atoms. The molecule has 8 heteroatoms. The maximum atomic E-state index is 11.9. The summed E-state index contributed by atoms with van der Waals surface area (Å²) in [6, 6.07) is 9.70. The number of hydrogen-bond acceptors (Lipinski definition) is 4. The summed E-state index contributed by atoms with van der Waals surface area (Å²) in [6.07, 6.45) is 3.11. The van der Waals surface area contributed by atoms with E-state index >= 15 is 0 Å². The summed E-state index contributed by atoms with van der Waals surface area (Å²) in [7, 11) is 1.88. The van der Waals surface area contributed by atoms with Crippen molar-refractivity contribution in [2.45, 2.75) is 12.8 Å². The lowest BCUT2D eigenvalue weighted by molar-refractivity contribution is 0.0946. The zero-order chi connectivity index (χ0) is 19.3.